The van der Waals surface area contributed by atoms with Crippen LogP contribution in [-0.2, 0) is 4.79 Å². The first-order valence-electron chi connectivity index (χ1n) is 6.83. The van der Waals surface area contributed by atoms with Crippen LogP contribution in [0.3, 0.4) is 0 Å². The van der Waals surface area contributed by atoms with Gasteiger partial charge in [0.05, 0.1) is 5.69 Å². The quantitative estimate of drug-likeness (QED) is 0.601. The van der Waals surface area contributed by atoms with E-state index >= 15 is 0 Å². The third kappa shape index (κ3) is 4.89. The number of carbonyl (C=O) groups excluding carboxylic acids is 1. The third-order valence-corrected chi connectivity index (χ3v) is 3.72. The molecule has 0 aliphatic rings. The maximum atomic E-state index is 13.1. The lowest BCUT2D eigenvalue weighted by molar-refractivity contribution is -0.122. The molecule has 0 spiro atoms. The molecule has 0 saturated heterocycles. The maximum Gasteiger partial charge on any atom is 0.288 e. The van der Waals surface area contributed by atoms with Gasteiger partial charge in [-0.25, -0.2) is 8.78 Å². The Hall–Kier alpha value is -2.22. The fourth-order valence-electron chi connectivity index (χ4n) is 1.81. The minimum Gasteiger partial charge on any atom is -0.481 e. The molecule has 0 saturated carbocycles. The summed E-state index contributed by atoms with van der Waals surface area (Å²) in [7, 11) is 0. The maximum absolute atomic E-state index is 13.1. The van der Waals surface area contributed by atoms with Crippen molar-refractivity contribution >= 4 is 23.4 Å². The number of rotatable bonds is 6. The highest BCUT2D eigenvalue weighted by atomic mass is 32.2. The second-order valence-corrected chi connectivity index (χ2v) is 5.73. The summed E-state index contributed by atoms with van der Waals surface area (Å²) in [5, 5.41) is 2.48. The van der Waals surface area contributed by atoms with Gasteiger partial charge in [-0.1, -0.05) is 23.9 Å². The van der Waals surface area contributed by atoms with Crippen LogP contribution in [0.2, 0.25) is 0 Å². The second kappa shape index (κ2) is 8.05. The molecule has 0 bridgehead atoms. The van der Waals surface area contributed by atoms with Gasteiger partial charge in [-0.15, -0.1) is 0 Å². The molecule has 2 aromatic rings. The molecule has 1 atom stereocenters. The molecule has 0 heterocycles. The van der Waals surface area contributed by atoms with E-state index in [9.17, 15) is 22.4 Å². The van der Waals surface area contributed by atoms with Crippen molar-refractivity contribution in [3.8, 4) is 5.75 Å². The molecule has 24 heavy (non-hydrogen) atoms. The Morgan fingerprint density at radius 2 is 1.83 bits per heavy atom. The normalized spacial score (nSPS) is 12.1. The van der Waals surface area contributed by atoms with Crippen molar-refractivity contribution in [3.63, 3.8) is 0 Å². The molecule has 3 nitrogen and oxygen atoms in total. The first-order chi connectivity index (χ1) is 11.4. The van der Waals surface area contributed by atoms with E-state index in [1.54, 1.807) is 12.1 Å². The average molecular weight is 359 g/mol. The fraction of sp³-hybridized carbons (Fsp3) is 0.188. The van der Waals surface area contributed by atoms with E-state index in [1.165, 1.54) is 25.1 Å². The van der Waals surface area contributed by atoms with Crippen LogP contribution in [0.4, 0.5) is 23.2 Å². The Labute approximate surface area is 140 Å². The molecule has 0 aliphatic heterocycles. The van der Waals surface area contributed by atoms with Gasteiger partial charge in [-0.05, 0) is 31.2 Å². The van der Waals surface area contributed by atoms with Crippen LogP contribution in [0.15, 0.2) is 47.4 Å². The van der Waals surface area contributed by atoms with E-state index in [2.05, 4.69) is 5.32 Å². The lowest BCUT2D eigenvalue weighted by Gasteiger charge is -2.16. The summed E-state index contributed by atoms with van der Waals surface area (Å²) in [4.78, 5) is 12.3. The van der Waals surface area contributed by atoms with E-state index in [0.29, 0.717) is 11.8 Å². The number of hydrogen-bond acceptors (Lipinski definition) is 3. The molecule has 128 valence electrons. The van der Waals surface area contributed by atoms with Gasteiger partial charge < -0.3 is 10.1 Å². The standard InChI is InChI=1S/C16H13F4NO2S/c1-9(23-10-6-7-11(17)12(18)8-10)15(22)21-13-4-2-3-5-14(13)24-16(19)20/h2-9,16H,1H3,(H,21,22). The number of para-hydroxylation sites is 1. The Morgan fingerprint density at radius 3 is 2.50 bits per heavy atom. The molecule has 2 rings (SSSR count). The van der Waals surface area contributed by atoms with Gasteiger partial charge in [-0.3, -0.25) is 4.79 Å². The van der Waals surface area contributed by atoms with Crippen LogP contribution in [0, 0.1) is 11.6 Å². The molecule has 1 N–H and O–H groups in total. The van der Waals surface area contributed by atoms with Crippen molar-refractivity contribution < 1.29 is 27.1 Å². The lowest BCUT2D eigenvalue weighted by Crippen LogP contribution is -2.30. The Balaban J connectivity index is 2.05. The summed E-state index contributed by atoms with van der Waals surface area (Å²) < 4.78 is 56.2. The summed E-state index contributed by atoms with van der Waals surface area (Å²) in [6.45, 7) is 1.40. The second-order valence-electron chi connectivity index (χ2n) is 4.70. The SMILES string of the molecule is CC(Oc1ccc(F)c(F)c1)C(=O)Nc1ccccc1SC(F)F. The Kier molecular flexibility index (Phi) is 6.08. The highest BCUT2D eigenvalue weighted by Gasteiger charge is 2.18. The van der Waals surface area contributed by atoms with Crippen molar-refractivity contribution in [2.45, 2.75) is 23.7 Å². The zero-order valence-corrected chi connectivity index (χ0v) is 13.2. The predicted octanol–water partition coefficient (Wildman–Crippen LogP) is 4.69. The Bertz CT molecular complexity index is 727. The van der Waals surface area contributed by atoms with Crippen molar-refractivity contribution in [3.05, 3.63) is 54.1 Å². The van der Waals surface area contributed by atoms with Crippen molar-refractivity contribution in [2.24, 2.45) is 0 Å². The van der Waals surface area contributed by atoms with Crippen LogP contribution >= 0.6 is 11.8 Å². The Morgan fingerprint density at radius 1 is 1.12 bits per heavy atom. The first-order valence-corrected chi connectivity index (χ1v) is 7.71. The van der Waals surface area contributed by atoms with Crippen molar-refractivity contribution in [1.82, 2.24) is 0 Å². The van der Waals surface area contributed by atoms with Gasteiger partial charge in [0.2, 0.25) is 0 Å². The van der Waals surface area contributed by atoms with Gasteiger partial charge in [0.25, 0.3) is 11.7 Å². The van der Waals surface area contributed by atoms with Crippen LogP contribution in [0.5, 0.6) is 5.75 Å². The van der Waals surface area contributed by atoms with Gasteiger partial charge in [0.15, 0.2) is 17.7 Å². The number of thioether (sulfide) groups is 1. The van der Waals surface area contributed by atoms with Crippen LogP contribution < -0.4 is 10.1 Å². The molecular formula is C16H13F4NO2S. The molecular weight excluding hydrogens is 346 g/mol. The predicted molar refractivity (Wildman–Crippen MR) is 83.4 cm³/mol. The van der Waals surface area contributed by atoms with Gasteiger partial charge in [-0.2, -0.15) is 8.78 Å². The molecule has 8 heteroatoms. The molecule has 0 fully saturated rings. The highest BCUT2D eigenvalue weighted by molar-refractivity contribution is 7.99. The molecule has 0 aromatic heterocycles. The largest absolute Gasteiger partial charge is 0.481 e. The summed E-state index contributed by atoms with van der Waals surface area (Å²) in [6.07, 6.45) is -1.04. The first kappa shape index (κ1) is 18.1. The molecule has 1 amide bonds. The average Bonchev–Trinajstić information content (AvgIpc) is 2.52. The number of anilines is 1. The van der Waals surface area contributed by atoms with E-state index in [4.69, 9.17) is 4.74 Å². The number of benzene rings is 2. The number of hydrogen-bond donors (Lipinski definition) is 1. The summed E-state index contributed by atoms with van der Waals surface area (Å²) in [6, 6.07) is 8.97. The molecule has 0 aliphatic carbocycles. The monoisotopic (exact) mass is 359 g/mol. The molecule has 2 aromatic carbocycles. The van der Waals surface area contributed by atoms with Crippen molar-refractivity contribution in [1.29, 1.82) is 0 Å². The summed E-state index contributed by atoms with van der Waals surface area (Å²) >= 11 is 0.306. The zero-order valence-electron chi connectivity index (χ0n) is 12.4. The highest BCUT2D eigenvalue weighted by Crippen LogP contribution is 2.31. The zero-order chi connectivity index (χ0) is 17.7. The van der Waals surface area contributed by atoms with Gasteiger partial charge in [0, 0.05) is 11.0 Å². The number of ether oxygens (including phenoxy) is 1. The number of alkyl halides is 2. The van der Waals surface area contributed by atoms with E-state index < -0.39 is 29.4 Å². The smallest absolute Gasteiger partial charge is 0.288 e. The van der Waals surface area contributed by atoms with Gasteiger partial charge >= 0.3 is 0 Å². The van der Waals surface area contributed by atoms with E-state index in [1.807, 2.05) is 0 Å². The van der Waals surface area contributed by atoms with Crippen LogP contribution in [0.1, 0.15) is 6.92 Å². The molecule has 0 radical (unpaired) electrons. The van der Waals surface area contributed by atoms with Crippen LogP contribution in [-0.4, -0.2) is 17.8 Å². The van der Waals surface area contributed by atoms with E-state index in [0.717, 1.165) is 12.1 Å². The fourth-order valence-corrected chi connectivity index (χ4v) is 2.41. The minimum absolute atomic E-state index is 0.0215. The number of amides is 1. The topological polar surface area (TPSA) is 38.3 Å². The van der Waals surface area contributed by atoms with Crippen LogP contribution in [0.25, 0.3) is 0 Å². The third-order valence-electron chi connectivity index (χ3n) is 2.93. The van der Waals surface area contributed by atoms with Crippen molar-refractivity contribution in [2.75, 3.05) is 5.32 Å². The minimum atomic E-state index is -2.63. The lowest BCUT2D eigenvalue weighted by atomic mass is 10.3. The number of nitrogens with one attached hydrogen (secondary N) is 1. The number of halogens is 4. The molecule has 1 unspecified atom stereocenters. The van der Waals surface area contributed by atoms with E-state index in [-0.39, 0.29) is 16.3 Å². The van der Waals surface area contributed by atoms with Gasteiger partial charge in [0.1, 0.15) is 5.75 Å². The number of carbonyl (C=O) groups is 1. The summed E-state index contributed by atoms with van der Waals surface area (Å²) in [5.74, 6) is -5.39. The summed E-state index contributed by atoms with van der Waals surface area (Å²) in [5.41, 5.74) is 0.216.